The van der Waals surface area contributed by atoms with Crippen LogP contribution in [-0.2, 0) is 6.54 Å². The Kier molecular flexibility index (Phi) is 5.13. The highest BCUT2D eigenvalue weighted by Crippen LogP contribution is 2.18. The maximum atomic E-state index is 12.3. The number of aromatic nitrogens is 1. The lowest BCUT2D eigenvalue weighted by Gasteiger charge is -2.26. The molecule has 2 aliphatic rings. The van der Waals surface area contributed by atoms with Crippen LogP contribution in [0.5, 0.6) is 0 Å². The molecule has 1 aliphatic heterocycles. The molecular formula is C17H25N3O3. The molecule has 6 heteroatoms. The number of hydrogen-bond acceptors (Lipinski definition) is 4. The molecule has 0 unspecified atom stereocenters. The third-order valence-corrected chi connectivity index (χ3v) is 4.84. The van der Waals surface area contributed by atoms with Crippen molar-refractivity contribution in [3.8, 4) is 0 Å². The van der Waals surface area contributed by atoms with E-state index >= 15 is 0 Å². The van der Waals surface area contributed by atoms with Crippen LogP contribution < -0.4 is 10.9 Å². The minimum Gasteiger partial charge on any atom is -0.393 e. The molecule has 0 aromatic carbocycles. The Morgan fingerprint density at radius 1 is 1.22 bits per heavy atom. The fraction of sp³-hybridized carbons (Fsp3) is 0.647. The van der Waals surface area contributed by atoms with Crippen molar-refractivity contribution in [2.24, 2.45) is 0 Å². The van der Waals surface area contributed by atoms with Gasteiger partial charge in [0.1, 0.15) is 5.56 Å². The Labute approximate surface area is 135 Å². The summed E-state index contributed by atoms with van der Waals surface area (Å²) in [5.41, 5.74) is 0.700. The van der Waals surface area contributed by atoms with Crippen molar-refractivity contribution < 1.29 is 9.90 Å². The Bertz CT molecular complexity index is 599. The summed E-state index contributed by atoms with van der Waals surface area (Å²) in [6, 6.07) is 3.51. The normalized spacial score (nSPS) is 25.4. The van der Waals surface area contributed by atoms with Gasteiger partial charge in [-0.15, -0.1) is 0 Å². The Balaban J connectivity index is 1.60. The average Bonchev–Trinajstić information content (AvgIpc) is 3.02. The molecule has 0 spiro atoms. The summed E-state index contributed by atoms with van der Waals surface area (Å²) in [7, 11) is 0. The molecule has 3 N–H and O–H groups in total. The molecule has 23 heavy (non-hydrogen) atoms. The van der Waals surface area contributed by atoms with E-state index < -0.39 is 0 Å². The van der Waals surface area contributed by atoms with E-state index in [0.717, 1.165) is 38.2 Å². The van der Waals surface area contributed by atoms with Gasteiger partial charge in [-0.1, -0.05) is 0 Å². The molecule has 1 aliphatic carbocycles. The van der Waals surface area contributed by atoms with E-state index in [2.05, 4.69) is 15.2 Å². The van der Waals surface area contributed by atoms with Crippen molar-refractivity contribution in [1.82, 2.24) is 15.2 Å². The number of likely N-dealkylation sites (tertiary alicyclic amines) is 1. The first-order valence-electron chi connectivity index (χ1n) is 8.55. The number of aliphatic hydroxyl groups is 1. The molecular weight excluding hydrogens is 294 g/mol. The van der Waals surface area contributed by atoms with Gasteiger partial charge in [-0.25, -0.2) is 0 Å². The van der Waals surface area contributed by atoms with Crippen LogP contribution in [0.1, 0.15) is 54.6 Å². The molecule has 1 saturated carbocycles. The zero-order chi connectivity index (χ0) is 16.2. The SMILES string of the molecule is O=C(NC1CCC(O)CC1)c1ccc(CN2CCCC2)[nH]c1=O. The summed E-state index contributed by atoms with van der Waals surface area (Å²) in [5, 5.41) is 12.4. The summed E-state index contributed by atoms with van der Waals surface area (Å²) < 4.78 is 0. The number of nitrogens with one attached hydrogen (secondary N) is 2. The van der Waals surface area contributed by atoms with Crippen LogP contribution >= 0.6 is 0 Å². The van der Waals surface area contributed by atoms with Gasteiger partial charge in [0.2, 0.25) is 0 Å². The zero-order valence-corrected chi connectivity index (χ0v) is 13.4. The number of aromatic amines is 1. The van der Waals surface area contributed by atoms with Gasteiger partial charge < -0.3 is 15.4 Å². The van der Waals surface area contributed by atoms with Crippen molar-refractivity contribution >= 4 is 5.91 Å². The minimum atomic E-state index is -0.324. The van der Waals surface area contributed by atoms with Gasteiger partial charge in [0.25, 0.3) is 11.5 Å². The second-order valence-electron chi connectivity index (χ2n) is 6.69. The summed E-state index contributed by atoms with van der Waals surface area (Å²) in [5.74, 6) is -0.319. The smallest absolute Gasteiger partial charge is 0.261 e. The molecule has 0 atom stereocenters. The molecule has 1 amide bonds. The van der Waals surface area contributed by atoms with E-state index in [4.69, 9.17) is 0 Å². The van der Waals surface area contributed by atoms with Gasteiger partial charge in [0, 0.05) is 18.3 Å². The van der Waals surface area contributed by atoms with Gasteiger partial charge in [-0.3, -0.25) is 14.5 Å². The highest BCUT2D eigenvalue weighted by molar-refractivity contribution is 5.94. The van der Waals surface area contributed by atoms with Crippen LogP contribution in [0.15, 0.2) is 16.9 Å². The maximum absolute atomic E-state index is 12.3. The second-order valence-corrected chi connectivity index (χ2v) is 6.69. The van der Waals surface area contributed by atoms with Crippen molar-refractivity contribution in [2.75, 3.05) is 13.1 Å². The molecule has 3 rings (SSSR count). The number of nitrogens with zero attached hydrogens (tertiary/aromatic N) is 1. The first-order chi connectivity index (χ1) is 11.1. The Hall–Kier alpha value is -1.66. The van der Waals surface area contributed by atoms with Crippen molar-refractivity contribution in [2.45, 2.75) is 57.2 Å². The lowest BCUT2D eigenvalue weighted by atomic mass is 9.93. The van der Waals surface area contributed by atoms with Crippen molar-refractivity contribution in [3.63, 3.8) is 0 Å². The number of carbonyl (C=O) groups is 1. The maximum Gasteiger partial charge on any atom is 0.261 e. The van der Waals surface area contributed by atoms with Crippen LogP contribution in [0, 0.1) is 0 Å². The number of rotatable bonds is 4. The van der Waals surface area contributed by atoms with E-state index in [0.29, 0.717) is 12.8 Å². The molecule has 126 valence electrons. The fourth-order valence-electron chi connectivity index (χ4n) is 3.45. The summed E-state index contributed by atoms with van der Waals surface area (Å²) in [4.78, 5) is 29.6. The number of aliphatic hydroxyl groups excluding tert-OH is 1. The van der Waals surface area contributed by atoms with E-state index in [-0.39, 0.29) is 29.2 Å². The molecule has 0 bridgehead atoms. The monoisotopic (exact) mass is 319 g/mol. The van der Waals surface area contributed by atoms with Crippen molar-refractivity contribution in [3.05, 3.63) is 33.7 Å². The predicted molar refractivity (Wildman–Crippen MR) is 87.3 cm³/mol. The van der Waals surface area contributed by atoms with Crippen LogP contribution in [-0.4, -0.2) is 46.1 Å². The zero-order valence-electron chi connectivity index (χ0n) is 13.4. The lowest BCUT2D eigenvalue weighted by molar-refractivity contribution is 0.0866. The van der Waals surface area contributed by atoms with Crippen molar-refractivity contribution in [1.29, 1.82) is 0 Å². The standard InChI is InChI=1S/C17H25N3O3/c21-14-6-3-12(4-7-14)18-16(22)15-8-5-13(19-17(15)23)11-20-9-1-2-10-20/h5,8,12,14,21H,1-4,6-7,9-11H2,(H,18,22)(H,19,23). The van der Waals surface area contributed by atoms with E-state index in [1.165, 1.54) is 12.8 Å². The highest BCUT2D eigenvalue weighted by Gasteiger charge is 2.22. The van der Waals surface area contributed by atoms with E-state index in [9.17, 15) is 14.7 Å². The third-order valence-electron chi connectivity index (χ3n) is 4.84. The lowest BCUT2D eigenvalue weighted by Crippen LogP contribution is -2.40. The predicted octanol–water partition coefficient (Wildman–Crippen LogP) is 1.00. The molecule has 2 heterocycles. The number of pyridine rings is 1. The van der Waals surface area contributed by atoms with Crippen LogP contribution in [0.25, 0.3) is 0 Å². The summed E-state index contributed by atoms with van der Waals surface area (Å²) >= 11 is 0. The molecule has 1 aromatic heterocycles. The molecule has 1 aromatic rings. The molecule has 2 fully saturated rings. The molecule has 6 nitrogen and oxygen atoms in total. The third kappa shape index (κ3) is 4.20. The average molecular weight is 319 g/mol. The molecule has 0 radical (unpaired) electrons. The second kappa shape index (κ2) is 7.27. The highest BCUT2D eigenvalue weighted by atomic mass is 16.3. The first kappa shape index (κ1) is 16.2. The van der Waals surface area contributed by atoms with Gasteiger partial charge in [-0.2, -0.15) is 0 Å². The number of carbonyl (C=O) groups excluding carboxylic acids is 1. The van der Waals surface area contributed by atoms with E-state index in [1.54, 1.807) is 6.07 Å². The van der Waals surface area contributed by atoms with E-state index in [1.807, 2.05) is 6.07 Å². The van der Waals surface area contributed by atoms with Gasteiger partial charge in [0.05, 0.1) is 6.10 Å². The summed E-state index contributed by atoms with van der Waals surface area (Å²) in [6.45, 7) is 2.87. The van der Waals surface area contributed by atoms with Gasteiger partial charge >= 0.3 is 0 Å². The topological polar surface area (TPSA) is 85.4 Å². The van der Waals surface area contributed by atoms with Gasteiger partial charge in [0.15, 0.2) is 0 Å². The number of hydrogen-bond donors (Lipinski definition) is 3. The van der Waals surface area contributed by atoms with Gasteiger partial charge in [-0.05, 0) is 63.7 Å². The van der Waals surface area contributed by atoms with Crippen LogP contribution in [0.3, 0.4) is 0 Å². The largest absolute Gasteiger partial charge is 0.393 e. The molecule has 1 saturated heterocycles. The fourth-order valence-corrected chi connectivity index (χ4v) is 3.45. The first-order valence-corrected chi connectivity index (χ1v) is 8.55. The quantitative estimate of drug-likeness (QED) is 0.773. The Morgan fingerprint density at radius 2 is 1.91 bits per heavy atom. The Morgan fingerprint density at radius 3 is 2.57 bits per heavy atom. The van der Waals surface area contributed by atoms with Crippen LogP contribution in [0.4, 0.5) is 0 Å². The number of amides is 1. The number of H-pyrrole nitrogens is 1. The summed E-state index contributed by atoms with van der Waals surface area (Å²) in [6.07, 6.45) is 5.10. The minimum absolute atomic E-state index is 0.0505. The van der Waals surface area contributed by atoms with Crippen LogP contribution in [0.2, 0.25) is 0 Å².